The van der Waals surface area contributed by atoms with Crippen molar-refractivity contribution in [3.8, 4) is 0 Å². The Morgan fingerprint density at radius 3 is 3.12 bits per heavy atom. The summed E-state index contributed by atoms with van der Waals surface area (Å²) in [7, 11) is 0. The highest BCUT2D eigenvalue weighted by Gasteiger charge is 2.25. The molecule has 0 bridgehead atoms. The van der Waals surface area contributed by atoms with Crippen LogP contribution in [-0.2, 0) is 0 Å². The van der Waals surface area contributed by atoms with Crippen molar-refractivity contribution in [2.75, 3.05) is 19.7 Å². The van der Waals surface area contributed by atoms with Crippen molar-refractivity contribution in [3.63, 3.8) is 0 Å². The van der Waals surface area contributed by atoms with Crippen molar-refractivity contribution in [1.82, 2.24) is 9.88 Å². The van der Waals surface area contributed by atoms with E-state index >= 15 is 0 Å². The third-order valence-corrected chi connectivity index (χ3v) is 3.29. The zero-order valence-electron chi connectivity index (χ0n) is 9.68. The smallest absolute Gasteiger partial charge is 0.0431 e. The van der Waals surface area contributed by atoms with Crippen molar-refractivity contribution in [1.29, 1.82) is 0 Å². The summed E-state index contributed by atoms with van der Waals surface area (Å²) < 4.78 is 0. The summed E-state index contributed by atoms with van der Waals surface area (Å²) in [5.41, 5.74) is 1.34. The van der Waals surface area contributed by atoms with Crippen LogP contribution < -0.4 is 0 Å². The number of nitrogens with zero attached hydrogens (tertiary/aromatic N) is 2. The van der Waals surface area contributed by atoms with Crippen LogP contribution in [0.1, 0.15) is 37.3 Å². The van der Waals surface area contributed by atoms with Gasteiger partial charge in [-0.3, -0.25) is 9.88 Å². The largest absolute Gasteiger partial charge is 0.396 e. The number of aliphatic hydroxyl groups is 1. The molecule has 0 saturated carbocycles. The van der Waals surface area contributed by atoms with Crippen LogP contribution in [0.15, 0.2) is 24.5 Å². The first-order valence-corrected chi connectivity index (χ1v) is 6.16. The van der Waals surface area contributed by atoms with E-state index < -0.39 is 0 Å². The maximum absolute atomic E-state index is 8.79. The van der Waals surface area contributed by atoms with Crippen molar-refractivity contribution >= 4 is 0 Å². The third-order valence-electron chi connectivity index (χ3n) is 3.29. The van der Waals surface area contributed by atoms with Gasteiger partial charge in [0.1, 0.15) is 0 Å². The molecular weight excluding hydrogens is 200 g/mol. The van der Waals surface area contributed by atoms with Crippen molar-refractivity contribution in [2.24, 2.45) is 0 Å². The minimum Gasteiger partial charge on any atom is -0.396 e. The molecule has 0 amide bonds. The Bertz CT molecular complexity index is 302. The van der Waals surface area contributed by atoms with Gasteiger partial charge in [-0.25, -0.2) is 0 Å². The molecule has 1 N–H and O–H groups in total. The number of aliphatic hydroxyl groups excluding tert-OH is 1. The molecule has 2 rings (SSSR count). The van der Waals surface area contributed by atoms with Gasteiger partial charge in [0, 0.05) is 25.0 Å². The number of hydrogen-bond donors (Lipinski definition) is 1. The molecule has 16 heavy (non-hydrogen) atoms. The second-order valence-corrected chi connectivity index (χ2v) is 4.41. The van der Waals surface area contributed by atoms with E-state index in [9.17, 15) is 0 Å². The van der Waals surface area contributed by atoms with Gasteiger partial charge in [0.2, 0.25) is 0 Å². The fourth-order valence-corrected chi connectivity index (χ4v) is 2.47. The fourth-order valence-electron chi connectivity index (χ4n) is 2.47. The molecule has 0 radical (unpaired) electrons. The molecule has 1 atom stereocenters. The van der Waals surface area contributed by atoms with Crippen LogP contribution >= 0.6 is 0 Å². The van der Waals surface area contributed by atoms with Gasteiger partial charge >= 0.3 is 0 Å². The predicted octanol–water partition coefficient (Wildman–Crippen LogP) is 1.99. The minimum absolute atomic E-state index is 0.311. The van der Waals surface area contributed by atoms with E-state index in [1.807, 2.05) is 18.5 Å². The highest BCUT2D eigenvalue weighted by atomic mass is 16.2. The molecule has 3 heteroatoms. The Morgan fingerprint density at radius 1 is 1.44 bits per heavy atom. The summed E-state index contributed by atoms with van der Waals surface area (Å²) in [6.07, 6.45) is 8.33. The van der Waals surface area contributed by atoms with E-state index in [4.69, 9.17) is 5.11 Å². The average Bonchev–Trinajstić information content (AvgIpc) is 2.79. The Kier molecular flexibility index (Phi) is 4.31. The van der Waals surface area contributed by atoms with Crippen LogP contribution in [0, 0.1) is 0 Å². The lowest BCUT2D eigenvalue weighted by molar-refractivity contribution is 0.230. The van der Waals surface area contributed by atoms with Gasteiger partial charge in [-0.15, -0.1) is 0 Å². The van der Waals surface area contributed by atoms with Gasteiger partial charge < -0.3 is 5.11 Å². The summed E-state index contributed by atoms with van der Waals surface area (Å²) in [6, 6.07) is 4.73. The van der Waals surface area contributed by atoms with Gasteiger partial charge in [-0.1, -0.05) is 6.07 Å². The lowest BCUT2D eigenvalue weighted by Gasteiger charge is -2.24. The van der Waals surface area contributed by atoms with E-state index in [1.165, 1.54) is 24.9 Å². The second kappa shape index (κ2) is 5.97. The number of rotatable bonds is 5. The quantitative estimate of drug-likeness (QED) is 0.771. The lowest BCUT2D eigenvalue weighted by Crippen LogP contribution is -2.24. The SMILES string of the molecule is OCCCCN1CCCC1c1cccnc1. The molecule has 1 aliphatic rings. The number of pyridine rings is 1. The molecule has 2 heterocycles. The van der Waals surface area contributed by atoms with Crippen LogP contribution in [0.5, 0.6) is 0 Å². The van der Waals surface area contributed by atoms with Gasteiger partial charge in [-0.2, -0.15) is 0 Å². The Hall–Kier alpha value is -0.930. The standard InChI is InChI=1S/C13H20N2O/c16-10-2-1-8-15-9-4-6-13(15)12-5-3-7-14-11-12/h3,5,7,11,13,16H,1-2,4,6,8-10H2. The molecule has 0 aromatic carbocycles. The summed E-state index contributed by atoms with van der Waals surface area (Å²) in [6.45, 7) is 2.59. The van der Waals surface area contributed by atoms with Crippen molar-refractivity contribution in [2.45, 2.75) is 31.7 Å². The molecule has 1 aromatic heterocycles. The topological polar surface area (TPSA) is 36.4 Å². The van der Waals surface area contributed by atoms with Crippen LogP contribution in [0.3, 0.4) is 0 Å². The third kappa shape index (κ3) is 2.80. The van der Waals surface area contributed by atoms with Crippen LogP contribution in [-0.4, -0.2) is 34.7 Å². The van der Waals surface area contributed by atoms with E-state index in [2.05, 4.69) is 16.0 Å². The van der Waals surface area contributed by atoms with Gasteiger partial charge in [0.25, 0.3) is 0 Å². The minimum atomic E-state index is 0.311. The fraction of sp³-hybridized carbons (Fsp3) is 0.615. The number of hydrogen-bond acceptors (Lipinski definition) is 3. The highest BCUT2D eigenvalue weighted by Crippen LogP contribution is 2.31. The van der Waals surface area contributed by atoms with E-state index in [1.54, 1.807) is 0 Å². The number of unbranched alkanes of at least 4 members (excludes halogenated alkanes) is 1. The summed E-state index contributed by atoms with van der Waals surface area (Å²) in [4.78, 5) is 6.71. The summed E-state index contributed by atoms with van der Waals surface area (Å²) in [5.74, 6) is 0. The Labute approximate surface area is 97.1 Å². The molecule has 0 aliphatic carbocycles. The van der Waals surface area contributed by atoms with Crippen molar-refractivity contribution in [3.05, 3.63) is 30.1 Å². The molecule has 1 aliphatic heterocycles. The average molecular weight is 220 g/mol. The summed E-state index contributed by atoms with van der Waals surface area (Å²) >= 11 is 0. The zero-order valence-corrected chi connectivity index (χ0v) is 9.68. The highest BCUT2D eigenvalue weighted by molar-refractivity contribution is 5.15. The number of aromatic nitrogens is 1. The molecule has 1 unspecified atom stereocenters. The zero-order chi connectivity index (χ0) is 11.2. The number of likely N-dealkylation sites (tertiary alicyclic amines) is 1. The molecule has 88 valence electrons. The Morgan fingerprint density at radius 2 is 2.38 bits per heavy atom. The van der Waals surface area contributed by atoms with Crippen LogP contribution in [0.2, 0.25) is 0 Å². The molecule has 1 saturated heterocycles. The van der Waals surface area contributed by atoms with E-state index in [0.717, 1.165) is 19.4 Å². The molecule has 1 fully saturated rings. The molecule has 0 spiro atoms. The second-order valence-electron chi connectivity index (χ2n) is 4.41. The van der Waals surface area contributed by atoms with Gasteiger partial charge in [0.05, 0.1) is 0 Å². The summed E-state index contributed by atoms with van der Waals surface area (Å²) in [5, 5.41) is 8.79. The maximum atomic E-state index is 8.79. The predicted molar refractivity (Wildman–Crippen MR) is 64.1 cm³/mol. The monoisotopic (exact) mass is 220 g/mol. The maximum Gasteiger partial charge on any atom is 0.0431 e. The first-order chi connectivity index (χ1) is 7.92. The van der Waals surface area contributed by atoms with Crippen LogP contribution in [0.25, 0.3) is 0 Å². The molecule has 1 aromatic rings. The molecule has 3 nitrogen and oxygen atoms in total. The van der Waals surface area contributed by atoms with Crippen molar-refractivity contribution < 1.29 is 5.11 Å². The van der Waals surface area contributed by atoms with E-state index in [-0.39, 0.29) is 0 Å². The first-order valence-electron chi connectivity index (χ1n) is 6.16. The normalized spacial score (nSPS) is 21.4. The van der Waals surface area contributed by atoms with Gasteiger partial charge in [0.15, 0.2) is 0 Å². The lowest BCUT2D eigenvalue weighted by atomic mass is 10.1. The molecular formula is C13H20N2O. The van der Waals surface area contributed by atoms with Gasteiger partial charge in [-0.05, 0) is 50.4 Å². The van der Waals surface area contributed by atoms with Crippen LogP contribution in [0.4, 0.5) is 0 Å². The Balaban J connectivity index is 1.93. The van der Waals surface area contributed by atoms with E-state index in [0.29, 0.717) is 12.6 Å². The first kappa shape index (κ1) is 11.6.